The first-order valence-corrected chi connectivity index (χ1v) is 2.81. The SMILES string of the molecule is CO.[NH3+]c1ccc(F)cc1. The second-order valence-electron chi connectivity index (χ2n) is 1.63. The molecule has 0 spiro atoms. The molecule has 0 saturated heterocycles. The van der Waals surface area contributed by atoms with Crippen LogP contribution in [0.25, 0.3) is 0 Å². The molecule has 0 fully saturated rings. The summed E-state index contributed by atoms with van der Waals surface area (Å²) in [6.07, 6.45) is 0. The normalized spacial score (nSPS) is 8.00. The quantitative estimate of drug-likeness (QED) is 0.540. The van der Waals surface area contributed by atoms with Gasteiger partial charge in [-0.25, -0.2) is 4.39 Å². The minimum Gasteiger partial charge on any atom is -0.400 e. The van der Waals surface area contributed by atoms with E-state index in [0.717, 1.165) is 12.8 Å². The zero-order valence-corrected chi connectivity index (χ0v) is 5.84. The third-order valence-electron chi connectivity index (χ3n) is 0.913. The molecule has 0 aliphatic carbocycles. The molecule has 56 valence electrons. The van der Waals surface area contributed by atoms with Gasteiger partial charge in [0.1, 0.15) is 11.5 Å². The van der Waals surface area contributed by atoms with Crippen molar-refractivity contribution in [2.75, 3.05) is 7.11 Å². The van der Waals surface area contributed by atoms with Gasteiger partial charge in [0.15, 0.2) is 0 Å². The van der Waals surface area contributed by atoms with Crippen LogP contribution in [0.1, 0.15) is 0 Å². The van der Waals surface area contributed by atoms with Crippen molar-refractivity contribution in [1.82, 2.24) is 0 Å². The van der Waals surface area contributed by atoms with Gasteiger partial charge in [0.2, 0.25) is 0 Å². The zero-order chi connectivity index (χ0) is 7.98. The molecule has 0 saturated carbocycles. The highest BCUT2D eigenvalue weighted by molar-refractivity contribution is 5.26. The van der Waals surface area contributed by atoms with E-state index in [1.54, 1.807) is 12.1 Å². The van der Waals surface area contributed by atoms with Gasteiger partial charge in [-0.05, 0) is 12.1 Å². The first-order chi connectivity index (χ1) is 4.79. The lowest BCUT2D eigenvalue weighted by Gasteiger charge is -1.83. The second-order valence-corrected chi connectivity index (χ2v) is 1.63. The lowest BCUT2D eigenvalue weighted by molar-refractivity contribution is -0.254. The molecule has 0 bridgehead atoms. The average molecular weight is 144 g/mol. The van der Waals surface area contributed by atoms with Crippen LogP contribution in [0.15, 0.2) is 24.3 Å². The molecule has 4 N–H and O–H groups in total. The van der Waals surface area contributed by atoms with E-state index in [1.807, 2.05) is 0 Å². The van der Waals surface area contributed by atoms with Gasteiger partial charge in [-0.3, -0.25) is 0 Å². The molecular weight excluding hydrogens is 133 g/mol. The predicted octanol–water partition coefficient (Wildman–Crippen LogP) is 0.308. The Morgan fingerprint density at radius 3 is 1.90 bits per heavy atom. The molecule has 0 radical (unpaired) electrons. The second kappa shape index (κ2) is 4.90. The van der Waals surface area contributed by atoms with Gasteiger partial charge in [0.05, 0.1) is 0 Å². The van der Waals surface area contributed by atoms with Crippen LogP contribution in [-0.2, 0) is 0 Å². The molecule has 0 amide bonds. The molecule has 10 heavy (non-hydrogen) atoms. The summed E-state index contributed by atoms with van der Waals surface area (Å²) in [7, 11) is 1.00. The van der Waals surface area contributed by atoms with Crippen molar-refractivity contribution in [2.24, 2.45) is 0 Å². The van der Waals surface area contributed by atoms with Crippen molar-refractivity contribution in [3.8, 4) is 0 Å². The van der Waals surface area contributed by atoms with Crippen LogP contribution < -0.4 is 5.73 Å². The van der Waals surface area contributed by atoms with E-state index in [-0.39, 0.29) is 5.82 Å². The summed E-state index contributed by atoms with van der Waals surface area (Å²) in [5, 5.41) is 7.00. The summed E-state index contributed by atoms with van der Waals surface area (Å²) in [5.41, 5.74) is 4.43. The number of benzene rings is 1. The van der Waals surface area contributed by atoms with Crippen molar-refractivity contribution in [1.29, 1.82) is 0 Å². The maximum atomic E-state index is 12.1. The maximum absolute atomic E-state index is 12.1. The molecule has 0 aromatic heterocycles. The van der Waals surface area contributed by atoms with Gasteiger partial charge in [-0.1, -0.05) is 0 Å². The molecule has 0 heterocycles. The molecular formula is C7H11FNO+. The highest BCUT2D eigenvalue weighted by atomic mass is 19.1. The van der Waals surface area contributed by atoms with E-state index >= 15 is 0 Å². The summed E-state index contributed by atoms with van der Waals surface area (Å²) < 4.78 is 12.1. The average Bonchev–Trinajstić information content (AvgIpc) is 2.00. The Morgan fingerprint density at radius 1 is 1.20 bits per heavy atom. The van der Waals surface area contributed by atoms with Gasteiger partial charge in [-0.15, -0.1) is 0 Å². The fourth-order valence-electron chi connectivity index (χ4n) is 0.484. The minimum absolute atomic E-state index is 0.211. The van der Waals surface area contributed by atoms with E-state index in [9.17, 15) is 4.39 Å². The monoisotopic (exact) mass is 144 g/mol. The molecule has 0 aliphatic rings. The fraction of sp³-hybridized carbons (Fsp3) is 0.143. The third kappa shape index (κ3) is 3.17. The highest BCUT2D eigenvalue weighted by Gasteiger charge is 1.87. The standard InChI is InChI=1S/C6H6FN.CH4O/c7-5-1-3-6(8)4-2-5;1-2/h1-4H,8H2;2H,1H3/p+1. The third-order valence-corrected chi connectivity index (χ3v) is 0.913. The molecule has 0 unspecified atom stereocenters. The highest BCUT2D eigenvalue weighted by Crippen LogP contribution is 1.99. The van der Waals surface area contributed by atoms with E-state index in [2.05, 4.69) is 5.73 Å². The smallest absolute Gasteiger partial charge is 0.128 e. The lowest BCUT2D eigenvalue weighted by Crippen LogP contribution is -2.39. The number of aliphatic hydroxyl groups excluding tert-OH is 1. The number of aliphatic hydroxyl groups is 1. The molecule has 0 aliphatic heterocycles. The Morgan fingerprint density at radius 2 is 1.60 bits per heavy atom. The lowest BCUT2D eigenvalue weighted by atomic mass is 10.3. The Balaban J connectivity index is 0.000000371. The van der Waals surface area contributed by atoms with E-state index in [1.165, 1.54) is 12.1 Å². The largest absolute Gasteiger partial charge is 0.400 e. The first kappa shape index (κ1) is 9.07. The summed E-state index contributed by atoms with van der Waals surface area (Å²) >= 11 is 0. The molecule has 1 rings (SSSR count). The van der Waals surface area contributed by atoms with Crippen molar-refractivity contribution in [2.45, 2.75) is 0 Å². The van der Waals surface area contributed by atoms with Gasteiger partial charge < -0.3 is 10.8 Å². The zero-order valence-electron chi connectivity index (χ0n) is 5.84. The maximum Gasteiger partial charge on any atom is 0.128 e. The topological polar surface area (TPSA) is 47.9 Å². The Bertz CT molecular complexity index is 152. The van der Waals surface area contributed by atoms with Crippen LogP contribution >= 0.6 is 0 Å². The van der Waals surface area contributed by atoms with Gasteiger partial charge in [-0.2, -0.15) is 0 Å². The minimum atomic E-state index is -0.211. The Hall–Kier alpha value is -0.930. The van der Waals surface area contributed by atoms with Crippen molar-refractivity contribution < 1.29 is 15.2 Å². The molecule has 0 atom stereocenters. The first-order valence-electron chi connectivity index (χ1n) is 2.81. The van der Waals surface area contributed by atoms with Crippen molar-refractivity contribution >= 4 is 5.69 Å². The molecule has 1 aromatic carbocycles. The van der Waals surface area contributed by atoms with E-state index in [0.29, 0.717) is 0 Å². The van der Waals surface area contributed by atoms with Crippen molar-refractivity contribution in [3.05, 3.63) is 30.1 Å². The van der Waals surface area contributed by atoms with Crippen LogP contribution in [-0.4, -0.2) is 12.2 Å². The Labute approximate surface area is 59.1 Å². The summed E-state index contributed by atoms with van der Waals surface area (Å²) in [4.78, 5) is 0. The van der Waals surface area contributed by atoms with Crippen LogP contribution in [0.5, 0.6) is 0 Å². The summed E-state index contributed by atoms with van der Waals surface area (Å²) in [6, 6.07) is 6.05. The Kier molecular flexibility index (Phi) is 4.45. The number of quaternary nitrogens is 1. The summed E-state index contributed by atoms with van der Waals surface area (Å²) in [5.74, 6) is -0.211. The van der Waals surface area contributed by atoms with E-state index < -0.39 is 0 Å². The summed E-state index contributed by atoms with van der Waals surface area (Å²) in [6.45, 7) is 0. The number of rotatable bonds is 0. The molecule has 2 nitrogen and oxygen atoms in total. The van der Waals surface area contributed by atoms with Crippen LogP contribution in [0.3, 0.4) is 0 Å². The van der Waals surface area contributed by atoms with Gasteiger partial charge in [0.25, 0.3) is 0 Å². The van der Waals surface area contributed by atoms with Crippen LogP contribution in [0, 0.1) is 5.82 Å². The number of hydrogen-bond acceptors (Lipinski definition) is 1. The van der Waals surface area contributed by atoms with Gasteiger partial charge in [0, 0.05) is 19.2 Å². The van der Waals surface area contributed by atoms with E-state index in [4.69, 9.17) is 5.11 Å². The van der Waals surface area contributed by atoms with Crippen LogP contribution in [0.4, 0.5) is 10.1 Å². The van der Waals surface area contributed by atoms with Crippen molar-refractivity contribution in [3.63, 3.8) is 0 Å². The van der Waals surface area contributed by atoms with Crippen LogP contribution in [0.2, 0.25) is 0 Å². The van der Waals surface area contributed by atoms with Gasteiger partial charge >= 0.3 is 0 Å². The fourth-order valence-corrected chi connectivity index (χ4v) is 0.484. The molecule has 1 aromatic rings. The molecule has 3 heteroatoms. The number of halogens is 1. The predicted molar refractivity (Wildman–Crippen MR) is 37.1 cm³/mol. The number of hydrogen-bond donors (Lipinski definition) is 2.